The van der Waals surface area contributed by atoms with E-state index in [1.54, 1.807) is 6.20 Å². The van der Waals surface area contributed by atoms with Crippen LogP contribution in [0, 0.1) is 0 Å². The van der Waals surface area contributed by atoms with Crippen molar-refractivity contribution in [3.05, 3.63) is 30.1 Å². The molecule has 1 aliphatic rings. The molecule has 0 spiro atoms. The third-order valence-electron chi connectivity index (χ3n) is 2.81. The first-order valence-corrected chi connectivity index (χ1v) is 5.60. The number of aliphatic carboxylic acids is 1. The van der Waals surface area contributed by atoms with Gasteiger partial charge >= 0.3 is 5.97 Å². The predicted octanol–water partition coefficient (Wildman–Crippen LogP) is 1.17. The molecule has 0 bridgehead atoms. The molecule has 1 fully saturated rings. The fourth-order valence-electron chi connectivity index (χ4n) is 1.82. The van der Waals surface area contributed by atoms with Gasteiger partial charge < -0.3 is 5.11 Å². The van der Waals surface area contributed by atoms with Gasteiger partial charge in [-0.3, -0.25) is 14.7 Å². The number of hydrogen-bond acceptors (Lipinski definition) is 3. The van der Waals surface area contributed by atoms with Crippen LogP contribution < -0.4 is 0 Å². The molecule has 0 atom stereocenters. The summed E-state index contributed by atoms with van der Waals surface area (Å²) in [5.41, 5.74) is 1.17. The van der Waals surface area contributed by atoms with Crippen molar-refractivity contribution in [3.63, 3.8) is 0 Å². The van der Waals surface area contributed by atoms with E-state index in [4.69, 9.17) is 5.11 Å². The Balaban J connectivity index is 1.84. The number of rotatable bonds is 6. The molecular weight excluding hydrogens is 204 g/mol. The van der Waals surface area contributed by atoms with E-state index in [9.17, 15) is 4.79 Å². The maximum Gasteiger partial charge on any atom is 0.317 e. The van der Waals surface area contributed by atoms with E-state index < -0.39 is 5.97 Å². The lowest BCUT2D eigenvalue weighted by molar-refractivity contribution is -0.138. The van der Waals surface area contributed by atoms with Crippen molar-refractivity contribution in [1.29, 1.82) is 0 Å². The fourth-order valence-corrected chi connectivity index (χ4v) is 1.82. The van der Waals surface area contributed by atoms with Crippen molar-refractivity contribution in [1.82, 2.24) is 9.88 Å². The van der Waals surface area contributed by atoms with Gasteiger partial charge in [-0.15, -0.1) is 0 Å². The summed E-state index contributed by atoms with van der Waals surface area (Å²) < 4.78 is 0. The quantitative estimate of drug-likeness (QED) is 0.782. The van der Waals surface area contributed by atoms with Crippen LogP contribution in [-0.2, 0) is 11.2 Å². The summed E-state index contributed by atoms with van der Waals surface area (Å²) in [5.74, 6) is -0.738. The Morgan fingerprint density at radius 2 is 2.38 bits per heavy atom. The summed E-state index contributed by atoms with van der Waals surface area (Å²) in [6.45, 7) is 0.966. The average molecular weight is 220 g/mol. The summed E-state index contributed by atoms with van der Waals surface area (Å²) >= 11 is 0. The van der Waals surface area contributed by atoms with Crippen LogP contribution >= 0.6 is 0 Å². The summed E-state index contributed by atoms with van der Waals surface area (Å²) in [6, 6.07) is 4.43. The van der Waals surface area contributed by atoms with Gasteiger partial charge in [0.2, 0.25) is 0 Å². The first-order chi connectivity index (χ1) is 7.75. The van der Waals surface area contributed by atoms with Gasteiger partial charge in [-0.25, -0.2) is 0 Å². The maximum atomic E-state index is 10.7. The van der Waals surface area contributed by atoms with E-state index in [2.05, 4.69) is 9.88 Å². The van der Waals surface area contributed by atoms with Gasteiger partial charge in [-0.1, -0.05) is 6.07 Å². The van der Waals surface area contributed by atoms with Crippen molar-refractivity contribution in [2.45, 2.75) is 25.3 Å². The van der Waals surface area contributed by atoms with Gasteiger partial charge in [-0.2, -0.15) is 0 Å². The monoisotopic (exact) mass is 220 g/mol. The van der Waals surface area contributed by atoms with Gasteiger partial charge in [0, 0.05) is 25.0 Å². The molecule has 0 amide bonds. The minimum Gasteiger partial charge on any atom is -0.480 e. The molecule has 16 heavy (non-hydrogen) atoms. The third kappa shape index (κ3) is 3.31. The Labute approximate surface area is 94.9 Å². The van der Waals surface area contributed by atoms with Crippen molar-refractivity contribution < 1.29 is 9.90 Å². The van der Waals surface area contributed by atoms with Crippen LogP contribution in [0.5, 0.6) is 0 Å². The largest absolute Gasteiger partial charge is 0.480 e. The van der Waals surface area contributed by atoms with E-state index in [1.807, 2.05) is 18.3 Å². The van der Waals surface area contributed by atoms with E-state index >= 15 is 0 Å². The number of hydrogen-bond donors (Lipinski definition) is 1. The van der Waals surface area contributed by atoms with Crippen molar-refractivity contribution in [2.24, 2.45) is 0 Å². The number of pyridine rings is 1. The van der Waals surface area contributed by atoms with E-state index in [1.165, 1.54) is 5.56 Å². The zero-order chi connectivity index (χ0) is 11.4. The number of aromatic nitrogens is 1. The van der Waals surface area contributed by atoms with E-state index in [-0.39, 0.29) is 6.54 Å². The van der Waals surface area contributed by atoms with Gasteiger partial charge in [-0.05, 0) is 30.9 Å². The van der Waals surface area contributed by atoms with Gasteiger partial charge in [0.15, 0.2) is 0 Å². The Morgan fingerprint density at radius 3 is 2.94 bits per heavy atom. The van der Waals surface area contributed by atoms with Gasteiger partial charge in [0.05, 0.1) is 6.54 Å². The molecule has 0 aliphatic heterocycles. The highest BCUT2D eigenvalue weighted by molar-refractivity contribution is 5.69. The molecule has 0 unspecified atom stereocenters. The minimum atomic E-state index is -0.738. The summed E-state index contributed by atoms with van der Waals surface area (Å²) in [4.78, 5) is 16.8. The van der Waals surface area contributed by atoms with Crippen molar-refractivity contribution >= 4 is 5.97 Å². The minimum absolute atomic E-state index is 0.158. The summed E-state index contributed by atoms with van der Waals surface area (Å²) in [7, 11) is 0. The second-order valence-electron chi connectivity index (χ2n) is 4.21. The number of carboxylic acid groups (broad SMARTS) is 1. The Morgan fingerprint density at radius 1 is 1.56 bits per heavy atom. The highest BCUT2D eigenvalue weighted by Gasteiger charge is 2.29. The molecule has 4 nitrogen and oxygen atoms in total. The van der Waals surface area contributed by atoms with Crippen LogP contribution in [0.4, 0.5) is 0 Å². The van der Waals surface area contributed by atoms with Crippen LogP contribution in [0.3, 0.4) is 0 Å². The Hall–Kier alpha value is -1.42. The smallest absolute Gasteiger partial charge is 0.317 e. The lowest BCUT2D eigenvalue weighted by atomic mass is 10.2. The molecule has 1 aromatic rings. The average Bonchev–Trinajstić information content (AvgIpc) is 3.09. The first kappa shape index (κ1) is 11.1. The summed E-state index contributed by atoms with van der Waals surface area (Å²) in [6.07, 6.45) is 6.74. The first-order valence-electron chi connectivity index (χ1n) is 5.60. The molecule has 0 aromatic carbocycles. The molecular formula is C12H16N2O2. The standard InChI is InChI=1S/C12H16N2O2/c15-12(16)9-14(11-3-4-11)7-5-10-2-1-6-13-8-10/h1-2,6,8,11H,3-5,7,9H2,(H,15,16). The Kier molecular flexibility index (Phi) is 3.51. The lowest BCUT2D eigenvalue weighted by Gasteiger charge is -2.19. The zero-order valence-corrected chi connectivity index (χ0v) is 9.17. The number of nitrogens with zero attached hydrogens (tertiary/aromatic N) is 2. The second-order valence-corrected chi connectivity index (χ2v) is 4.21. The van der Waals surface area contributed by atoms with Crippen LogP contribution in [0.15, 0.2) is 24.5 Å². The lowest BCUT2D eigenvalue weighted by Crippen LogP contribution is -2.33. The predicted molar refractivity (Wildman–Crippen MR) is 60.2 cm³/mol. The maximum absolute atomic E-state index is 10.7. The molecule has 4 heteroatoms. The van der Waals surface area contributed by atoms with E-state index in [0.29, 0.717) is 6.04 Å². The fraction of sp³-hybridized carbons (Fsp3) is 0.500. The summed E-state index contributed by atoms with van der Waals surface area (Å²) in [5, 5.41) is 8.80. The van der Waals surface area contributed by atoms with Crippen molar-refractivity contribution in [2.75, 3.05) is 13.1 Å². The second kappa shape index (κ2) is 5.07. The highest BCUT2D eigenvalue weighted by Crippen LogP contribution is 2.26. The number of carboxylic acids is 1. The molecule has 1 heterocycles. The number of carbonyl (C=O) groups is 1. The molecule has 1 aromatic heterocycles. The van der Waals surface area contributed by atoms with E-state index in [0.717, 1.165) is 25.8 Å². The molecule has 1 saturated carbocycles. The van der Waals surface area contributed by atoms with Crippen LogP contribution in [0.2, 0.25) is 0 Å². The van der Waals surface area contributed by atoms with Gasteiger partial charge in [0.25, 0.3) is 0 Å². The highest BCUT2D eigenvalue weighted by atomic mass is 16.4. The van der Waals surface area contributed by atoms with Crippen LogP contribution in [-0.4, -0.2) is 40.1 Å². The van der Waals surface area contributed by atoms with Crippen LogP contribution in [0.1, 0.15) is 18.4 Å². The van der Waals surface area contributed by atoms with Crippen molar-refractivity contribution in [3.8, 4) is 0 Å². The molecule has 0 saturated heterocycles. The molecule has 86 valence electrons. The molecule has 1 aliphatic carbocycles. The topological polar surface area (TPSA) is 53.4 Å². The van der Waals surface area contributed by atoms with Crippen LogP contribution in [0.25, 0.3) is 0 Å². The SMILES string of the molecule is O=C(O)CN(CCc1cccnc1)C1CC1. The molecule has 2 rings (SSSR count). The zero-order valence-electron chi connectivity index (χ0n) is 9.17. The third-order valence-corrected chi connectivity index (χ3v) is 2.81. The molecule has 0 radical (unpaired) electrons. The molecule has 1 N–H and O–H groups in total. The van der Waals surface area contributed by atoms with Gasteiger partial charge in [0.1, 0.15) is 0 Å². The normalized spacial score (nSPS) is 15.3. The Bertz CT molecular complexity index is 349.